The van der Waals surface area contributed by atoms with Crippen LogP contribution in [-0.2, 0) is 17.6 Å². The van der Waals surface area contributed by atoms with E-state index in [-0.39, 0.29) is 6.61 Å². The zero-order valence-electron chi connectivity index (χ0n) is 8.72. The molecule has 1 aromatic rings. The standard InChI is InChI=1S/C10H13N3O3/c11-7(10(14)15)4-16-9-6-2-1-3-8(6)12-5-13-9/h5,7H,1-4,11H2,(H,14,15). The van der Waals surface area contributed by atoms with E-state index in [0.29, 0.717) is 5.88 Å². The molecular weight excluding hydrogens is 210 g/mol. The zero-order chi connectivity index (χ0) is 11.5. The summed E-state index contributed by atoms with van der Waals surface area (Å²) in [6.45, 7) is -0.0706. The third-order valence-corrected chi connectivity index (χ3v) is 2.55. The van der Waals surface area contributed by atoms with Gasteiger partial charge in [-0.3, -0.25) is 4.79 Å². The molecule has 1 aromatic heterocycles. The van der Waals surface area contributed by atoms with Crippen molar-refractivity contribution < 1.29 is 14.6 Å². The highest BCUT2D eigenvalue weighted by molar-refractivity contribution is 5.73. The summed E-state index contributed by atoms with van der Waals surface area (Å²) in [4.78, 5) is 18.7. The molecule has 0 bridgehead atoms. The fraction of sp³-hybridized carbons (Fsp3) is 0.500. The lowest BCUT2D eigenvalue weighted by Crippen LogP contribution is -2.36. The molecule has 0 aliphatic heterocycles. The van der Waals surface area contributed by atoms with Crippen molar-refractivity contribution in [2.45, 2.75) is 25.3 Å². The Kier molecular flexibility index (Phi) is 3.00. The Bertz CT molecular complexity index is 408. The van der Waals surface area contributed by atoms with Crippen LogP contribution in [0, 0.1) is 0 Å². The molecule has 1 aliphatic carbocycles. The first-order valence-corrected chi connectivity index (χ1v) is 5.12. The Morgan fingerprint density at radius 2 is 2.38 bits per heavy atom. The van der Waals surface area contributed by atoms with Gasteiger partial charge in [-0.25, -0.2) is 9.97 Å². The van der Waals surface area contributed by atoms with Crippen LogP contribution >= 0.6 is 0 Å². The van der Waals surface area contributed by atoms with Crippen molar-refractivity contribution in [3.8, 4) is 5.88 Å². The first-order chi connectivity index (χ1) is 7.68. The lowest BCUT2D eigenvalue weighted by molar-refractivity contribution is -0.139. The number of aryl methyl sites for hydroxylation is 1. The van der Waals surface area contributed by atoms with E-state index >= 15 is 0 Å². The van der Waals surface area contributed by atoms with E-state index in [9.17, 15) is 4.79 Å². The average molecular weight is 223 g/mol. The molecule has 0 saturated carbocycles. The van der Waals surface area contributed by atoms with E-state index in [1.807, 2.05) is 0 Å². The molecule has 1 aliphatic rings. The first-order valence-electron chi connectivity index (χ1n) is 5.12. The van der Waals surface area contributed by atoms with Crippen LogP contribution in [0.25, 0.3) is 0 Å². The molecule has 0 aromatic carbocycles. The monoisotopic (exact) mass is 223 g/mol. The Labute approximate surface area is 92.5 Å². The second-order valence-electron chi connectivity index (χ2n) is 3.71. The maximum Gasteiger partial charge on any atom is 0.324 e. The van der Waals surface area contributed by atoms with E-state index in [2.05, 4.69) is 9.97 Å². The molecule has 0 saturated heterocycles. The highest BCUT2D eigenvalue weighted by Gasteiger charge is 2.19. The van der Waals surface area contributed by atoms with Gasteiger partial charge < -0.3 is 15.6 Å². The molecule has 16 heavy (non-hydrogen) atoms. The smallest absolute Gasteiger partial charge is 0.324 e. The SMILES string of the molecule is NC(COc1ncnc2c1CCC2)C(=O)O. The van der Waals surface area contributed by atoms with Crippen molar-refractivity contribution in [1.82, 2.24) is 9.97 Å². The second kappa shape index (κ2) is 4.44. The number of hydrogen-bond acceptors (Lipinski definition) is 5. The van der Waals surface area contributed by atoms with Crippen LogP contribution in [0.4, 0.5) is 0 Å². The Hall–Kier alpha value is -1.69. The van der Waals surface area contributed by atoms with Gasteiger partial charge in [0.1, 0.15) is 19.0 Å². The summed E-state index contributed by atoms with van der Waals surface area (Å²) in [6, 6.07) is -1.02. The van der Waals surface area contributed by atoms with Gasteiger partial charge in [-0.2, -0.15) is 0 Å². The predicted molar refractivity (Wildman–Crippen MR) is 55.2 cm³/mol. The van der Waals surface area contributed by atoms with Crippen molar-refractivity contribution in [1.29, 1.82) is 0 Å². The highest BCUT2D eigenvalue weighted by atomic mass is 16.5. The summed E-state index contributed by atoms with van der Waals surface area (Å²) in [5, 5.41) is 8.62. The lowest BCUT2D eigenvalue weighted by Gasteiger charge is -2.10. The Morgan fingerprint density at radius 3 is 3.12 bits per heavy atom. The summed E-state index contributed by atoms with van der Waals surface area (Å²) in [5.41, 5.74) is 7.32. The number of hydrogen-bond donors (Lipinski definition) is 2. The van der Waals surface area contributed by atoms with Crippen molar-refractivity contribution in [2.24, 2.45) is 5.73 Å². The van der Waals surface area contributed by atoms with E-state index in [4.69, 9.17) is 15.6 Å². The molecule has 6 heteroatoms. The van der Waals surface area contributed by atoms with E-state index < -0.39 is 12.0 Å². The summed E-state index contributed by atoms with van der Waals surface area (Å²) in [5.74, 6) is -0.607. The normalized spacial score (nSPS) is 15.6. The number of nitrogens with zero attached hydrogens (tertiary/aromatic N) is 2. The van der Waals surface area contributed by atoms with Gasteiger partial charge in [0.25, 0.3) is 0 Å². The number of ether oxygens (including phenoxy) is 1. The van der Waals surface area contributed by atoms with Crippen molar-refractivity contribution in [3.05, 3.63) is 17.6 Å². The Morgan fingerprint density at radius 1 is 1.56 bits per heavy atom. The van der Waals surface area contributed by atoms with Crippen LogP contribution in [0.3, 0.4) is 0 Å². The second-order valence-corrected chi connectivity index (χ2v) is 3.71. The summed E-state index contributed by atoms with van der Waals surface area (Å²) >= 11 is 0. The molecule has 86 valence electrons. The minimum absolute atomic E-state index is 0.0706. The fourth-order valence-electron chi connectivity index (χ4n) is 1.69. The number of aromatic nitrogens is 2. The molecule has 2 rings (SSSR count). The molecule has 0 spiro atoms. The van der Waals surface area contributed by atoms with Crippen molar-refractivity contribution in [3.63, 3.8) is 0 Å². The van der Waals surface area contributed by atoms with Gasteiger partial charge >= 0.3 is 5.97 Å². The average Bonchev–Trinajstić information content (AvgIpc) is 2.73. The zero-order valence-corrected chi connectivity index (χ0v) is 8.72. The lowest BCUT2D eigenvalue weighted by atomic mass is 10.2. The van der Waals surface area contributed by atoms with Gasteiger partial charge in [0.2, 0.25) is 5.88 Å². The molecule has 1 heterocycles. The molecular formula is C10H13N3O3. The number of aliphatic carboxylic acids is 1. The third kappa shape index (κ3) is 2.11. The van der Waals surface area contributed by atoms with Crippen LogP contribution in [0.5, 0.6) is 5.88 Å². The molecule has 1 atom stereocenters. The van der Waals surface area contributed by atoms with E-state index in [1.54, 1.807) is 0 Å². The molecule has 0 amide bonds. The molecule has 3 N–H and O–H groups in total. The fourth-order valence-corrected chi connectivity index (χ4v) is 1.69. The van der Waals surface area contributed by atoms with Gasteiger partial charge in [-0.15, -0.1) is 0 Å². The number of carboxylic acids is 1. The van der Waals surface area contributed by atoms with Gasteiger partial charge in [-0.05, 0) is 19.3 Å². The van der Waals surface area contributed by atoms with Crippen molar-refractivity contribution in [2.75, 3.05) is 6.61 Å². The van der Waals surface area contributed by atoms with Gasteiger partial charge in [0.15, 0.2) is 0 Å². The van der Waals surface area contributed by atoms with Crippen molar-refractivity contribution >= 4 is 5.97 Å². The number of carbonyl (C=O) groups is 1. The van der Waals surface area contributed by atoms with E-state index in [1.165, 1.54) is 6.33 Å². The number of carboxylic acid groups (broad SMARTS) is 1. The number of nitrogens with two attached hydrogens (primary N) is 1. The third-order valence-electron chi connectivity index (χ3n) is 2.55. The number of rotatable bonds is 4. The van der Waals surface area contributed by atoms with Gasteiger partial charge in [0, 0.05) is 5.56 Å². The largest absolute Gasteiger partial charge is 0.480 e. The summed E-state index contributed by atoms with van der Waals surface area (Å²) in [7, 11) is 0. The van der Waals surface area contributed by atoms with Crippen LogP contribution < -0.4 is 10.5 Å². The number of fused-ring (bicyclic) bond motifs is 1. The Balaban J connectivity index is 2.05. The summed E-state index contributed by atoms with van der Waals surface area (Å²) in [6.07, 6.45) is 4.29. The molecule has 1 unspecified atom stereocenters. The van der Waals surface area contributed by atoms with Crippen LogP contribution in [0.15, 0.2) is 6.33 Å². The summed E-state index contributed by atoms with van der Waals surface area (Å²) < 4.78 is 5.32. The highest BCUT2D eigenvalue weighted by Crippen LogP contribution is 2.26. The maximum absolute atomic E-state index is 10.5. The molecule has 0 fully saturated rings. The predicted octanol–water partition coefficient (Wildman–Crippen LogP) is -0.244. The van der Waals surface area contributed by atoms with Gasteiger partial charge in [0.05, 0.1) is 5.69 Å². The molecule has 6 nitrogen and oxygen atoms in total. The van der Waals surface area contributed by atoms with Crippen LogP contribution in [0.2, 0.25) is 0 Å². The molecule has 0 radical (unpaired) electrons. The van der Waals surface area contributed by atoms with Crippen LogP contribution in [-0.4, -0.2) is 33.7 Å². The topological polar surface area (TPSA) is 98.3 Å². The quantitative estimate of drug-likeness (QED) is 0.730. The minimum atomic E-state index is -1.08. The van der Waals surface area contributed by atoms with Crippen LogP contribution in [0.1, 0.15) is 17.7 Å². The maximum atomic E-state index is 10.5. The minimum Gasteiger partial charge on any atom is -0.480 e. The first kappa shape index (κ1) is 10.8. The van der Waals surface area contributed by atoms with Gasteiger partial charge in [-0.1, -0.05) is 0 Å². The van der Waals surface area contributed by atoms with E-state index in [0.717, 1.165) is 30.5 Å².